The Kier molecular flexibility index (Phi) is 3.49. The average molecular weight is 219 g/mol. The molecule has 0 heterocycles. The molecule has 0 unspecified atom stereocenters. The fourth-order valence-electron chi connectivity index (χ4n) is 2.56. The fraction of sp³-hybridized carbons (Fsp3) is 0.571. The highest BCUT2D eigenvalue weighted by Gasteiger charge is 2.26. The summed E-state index contributed by atoms with van der Waals surface area (Å²) in [5.74, 6) is 1.12. The molecule has 1 aliphatic carbocycles. The molecule has 0 saturated carbocycles. The first-order valence-corrected chi connectivity index (χ1v) is 6.25. The first kappa shape index (κ1) is 11.5. The van der Waals surface area contributed by atoms with Gasteiger partial charge in [0.05, 0.1) is 0 Å². The quantitative estimate of drug-likeness (QED) is 0.818. The molecule has 1 aromatic carbocycles. The molecular formula is C14H21NO. The average Bonchev–Trinajstić information content (AvgIpc) is 2.27. The summed E-state index contributed by atoms with van der Waals surface area (Å²) >= 11 is 0. The first-order chi connectivity index (χ1) is 7.72. The third-order valence-corrected chi connectivity index (χ3v) is 3.56. The van der Waals surface area contributed by atoms with E-state index in [1.54, 1.807) is 6.07 Å². The van der Waals surface area contributed by atoms with Gasteiger partial charge in [-0.3, -0.25) is 0 Å². The topological polar surface area (TPSA) is 32.3 Å². The van der Waals surface area contributed by atoms with E-state index in [4.69, 9.17) is 0 Å². The standard InChI is InChI=1S/C14H21NO/c1-3-7-15-13-9-12-11(8-10(13)2)5-4-6-14(12)16/h4-6,10,13,15-16H,3,7-9H2,1-2H3/t10-,13+/m0/s1. The molecule has 0 amide bonds. The number of fused-ring (bicyclic) bond motifs is 1. The number of hydrogen-bond acceptors (Lipinski definition) is 2. The third kappa shape index (κ3) is 2.22. The number of phenols is 1. The van der Waals surface area contributed by atoms with Crippen molar-refractivity contribution in [1.29, 1.82) is 0 Å². The summed E-state index contributed by atoms with van der Waals surface area (Å²) in [7, 11) is 0. The van der Waals surface area contributed by atoms with Gasteiger partial charge in [0, 0.05) is 6.04 Å². The second-order valence-corrected chi connectivity index (χ2v) is 4.86. The van der Waals surface area contributed by atoms with Gasteiger partial charge in [-0.05, 0) is 48.9 Å². The zero-order valence-corrected chi connectivity index (χ0v) is 10.2. The molecule has 2 heteroatoms. The molecule has 2 N–H and O–H groups in total. The van der Waals surface area contributed by atoms with Crippen LogP contribution in [-0.2, 0) is 12.8 Å². The van der Waals surface area contributed by atoms with Crippen molar-refractivity contribution < 1.29 is 5.11 Å². The van der Waals surface area contributed by atoms with Crippen LogP contribution in [0.5, 0.6) is 5.75 Å². The Morgan fingerprint density at radius 3 is 2.94 bits per heavy atom. The Labute approximate surface area is 97.7 Å². The number of nitrogens with one attached hydrogen (secondary N) is 1. The summed E-state index contributed by atoms with van der Waals surface area (Å²) < 4.78 is 0. The SMILES string of the molecule is CCCN[C@@H]1Cc2c(O)cccc2C[C@@H]1C. The second-order valence-electron chi connectivity index (χ2n) is 4.86. The fourth-order valence-corrected chi connectivity index (χ4v) is 2.56. The molecule has 0 spiro atoms. The summed E-state index contributed by atoms with van der Waals surface area (Å²) in [6.07, 6.45) is 3.20. The maximum atomic E-state index is 9.86. The molecule has 0 aliphatic heterocycles. The first-order valence-electron chi connectivity index (χ1n) is 6.25. The molecule has 0 radical (unpaired) electrons. The normalized spacial score (nSPS) is 24.1. The molecule has 1 aromatic rings. The maximum absolute atomic E-state index is 9.86. The van der Waals surface area contributed by atoms with Crippen molar-refractivity contribution in [2.45, 2.75) is 39.2 Å². The van der Waals surface area contributed by atoms with E-state index < -0.39 is 0 Å². The minimum atomic E-state index is 0.465. The summed E-state index contributed by atoms with van der Waals surface area (Å²) in [4.78, 5) is 0. The lowest BCUT2D eigenvalue weighted by atomic mass is 9.80. The number of benzene rings is 1. The minimum Gasteiger partial charge on any atom is -0.508 e. The molecule has 0 bridgehead atoms. The van der Waals surface area contributed by atoms with Crippen LogP contribution in [0, 0.1) is 5.92 Å². The molecule has 0 fully saturated rings. The van der Waals surface area contributed by atoms with Gasteiger partial charge in [-0.25, -0.2) is 0 Å². The van der Waals surface area contributed by atoms with Gasteiger partial charge in [0.2, 0.25) is 0 Å². The lowest BCUT2D eigenvalue weighted by molar-refractivity contribution is 0.345. The third-order valence-electron chi connectivity index (χ3n) is 3.56. The summed E-state index contributed by atoms with van der Waals surface area (Å²) in [6.45, 7) is 5.55. The Bertz CT molecular complexity index is 362. The van der Waals surface area contributed by atoms with Crippen molar-refractivity contribution >= 4 is 0 Å². The van der Waals surface area contributed by atoms with Crippen LogP contribution < -0.4 is 5.32 Å². The second kappa shape index (κ2) is 4.88. The van der Waals surface area contributed by atoms with Crippen LogP contribution in [0.2, 0.25) is 0 Å². The van der Waals surface area contributed by atoms with Gasteiger partial charge in [-0.2, -0.15) is 0 Å². The van der Waals surface area contributed by atoms with Gasteiger partial charge < -0.3 is 10.4 Å². The van der Waals surface area contributed by atoms with Crippen LogP contribution in [0.3, 0.4) is 0 Å². The van der Waals surface area contributed by atoms with Crippen molar-refractivity contribution in [3.05, 3.63) is 29.3 Å². The zero-order valence-electron chi connectivity index (χ0n) is 10.2. The molecule has 2 nitrogen and oxygen atoms in total. The van der Waals surface area contributed by atoms with Crippen LogP contribution in [-0.4, -0.2) is 17.7 Å². The van der Waals surface area contributed by atoms with E-state index in [9.17, 15) is 5.11 Å². The van der Waals surface area contributed by atoms with Crippen molar-refractivity contribution in [3.8, 4) is 5.75 Å². The number of hydrogen-bond donors (Lipinski definition) is 2. The number of aromatic hydroxyl groups is 1. The van der Waals surface area contributed by atoms with Crippen molar-refractivity contribution in [3.63, 3.8) is 0 Å². The Morgan fingerprint density at radius 2 is 2.19 bits per heavy atom. The van der Waals surface area contributed by atoms with Gasteiger partial charge in [0.25, 0.3) is 0 Å². The number of rotatable bonds is 3. The largest absolute Gasteiger partial charge is 0.508 e. The van der Waals surface area contributed by atoms with Crippen LogP contribution in [0.15, 0.2) is 18.2 Å². The van der Waals surface area contributed by atoms with E-state index in [2.05, 4.69) is 25.2 Å². The highest BCUT2D eigenvalue weighted by atomic mass is 16.3. The molecule has 2 atom stereocenters. The summed E-state index contributed by atoms with van der Waals surface area (Å²) in [5.41, 5.74) is 2.47. The predicted molar refractivity (Wildman–Crippen MR) is 66.8 cm³/mol. The summed E-state index contributed by atoms with van der Waals surface area (Å²) in [6, 6.07) is 6.40. The highest BCUT2D eigenvalue weighted by molar-refractivity contribution is 5.41. The van der Waals surface area contributed by atoms with Gasteiger partial charge in [-0.1, -0.05) is 26.0 Å². The maximum Gasteiger partial charge on any atom is 0.119 e. The predicted octanol–water partition coefficient (Wildman–Crippen LogP) is 2.50. The van der Waals surface area contributed by atoms with Crippen LogP contribution >= 0.6 is 0 Å². The van der Waals surface area contributed by atoms with E-state index in [1.807, 2.05) is 6.07 Å². The van der Waals surface area contributed by atoms with Crippen molar-refractivity contribution in [1.82, 2.24) is 5.32 Å². The molecule has 88 valence electrons. The molecule has 16 heavy (non-hydrogen) atoms. The Balaban J connectivity index is 2.16. The van der Waals surface area contributed by atoms with Gasteiger partial charge in [-0.15, -0.1) is 0 Å². The number of phenolic OH excluding ortho intramolecular Hbond substituents is 1. The zero-order chi connectivity index (χ0) is 11.5. The molecule has 0 saturated heterocycles. The Hall–Kier alpha value is -1.02. The monoisotopic (exact) mass is 219 g/mol. The van der Waals surface area contributed by atoms with E-state index in [0.29, 0.717) is 17.7 Å². The van der Waals surface area contributed by atoms with Crippen molar-refractivity contribution in [2.75, 3.05) is 6.54 Å². The minimum absolute atomic E-state index is 0.465. The van der Waals surface area contributed by atoms with E-state index in [-0.39, 0.29) is 0 Å². The smallest absolute Gasteiger partial charge is 0.119 e. The van der Waals surface area contributed by atoms with E-state index in [1.165, 1.54) is 5.56 Å². The molecule has 1 aliphatic rings. The van der Waals surface area contributed by atoms with Gasteiger partial charge >= 0.3 is 0 Å². The van der Waals surface area contributed by atoms with E-state index in [0.717, 1.165) is 31.4 Å². The van der Waals surface area contributed by atoms with Gasteiger partial charge in [0.1, 0.15) is 5.75 Å². The van der Waals surface area contributed by atoms with Crippen LogP contribution in [0.25, 0.3) is 0 Å². The molecule has 0 aromatic heterocycles. The summed E-state index contributed by atoms with van der Waals surface area (Å²) in [5, 5.41) is 13.4. The molecular weight excluding hydrogens is 198 g/mol. The molecule has 2 rings (SSSR count). The lowest BCUT2D eigenvalue weighted by Gasteiger charge is -2.32. The van der Waals surface area contributed by atoms with Crippen molar-refractivity contribution in [2.24, 2.45) is 5.92 Å². The van der Waals surface area contributed by atoms with Crippen LogP contribution in [0.4, 0.5) is 0 Å². The lowest BCUT2D eigenvalue weighted by Crippen LogP contribution is -2.41. The highest BCUT2D eigenvalue weighted by Crippen LogP contribution is 2.31. The van der Waals surface area contributed by atoms with Gasteiger partial charge in [0.15, 0.2) is 0 Å². The Morgan fingerprint density at radius 1 is 1.38 bits per heavy atom. The van der Waals surface area contributed by atoms with Crippen LogP contribution in [0.1, 0.15) is 31.4 Å². The van der Waals surface area contributed by atoms with E-state index >= 15 is 0 Å².